The second-order valence-corrected chi connectivity index (χ2v) is 7.81. The van der Waals surface area contributed by atoms with E-state index in [4.69, 9.17) is 14.2 Å². The predicted octanol–water partition coefficient (Wildman–Crippen LogP) is 0.386. The molecule has 2 aliphatic rings. The summed E-state index contributed by atoms with van der Waals surface area (Å²) in [5, 5.41) is 50.8. The number of carbonyl (C=O) groups excluding carboxylic acids is 1. The monoisotopic (exact) mass is 420 g/mol. The molecule has 0 saturated carbocycles. The third-order valence-electron chi connectivity index (χ3n) is 5.51. The number of hydrogen-bond acceptors (Lipinski definition) is 9. The lowest BCUT2D eigenvalue weighted by Crippen LogP contribution is -2.60. The molecule has 0 amide bonds. The lowest BCUT2D eigenvalue weighted by molar-refractivity contribution is -0.277. The molecule has 1 fully saturated rings. The van der Waals surface area contributed by atoms with E-state index in [1.165, 1.54) is 6.07 Å². The number of ketones is 1. The first kappa shape index (κ1) is 20.8. The zero-order valence-corrected chi connectivity index (χ0v) is 16.5. The number of aromatic hydroxyl groups is 1. The van der Waals surface area contributed by atoms with Crippen LogP contribution in [-0.4, -0.2) is 74.7 Å². The maximum Gasteiger partial charge on any atom is 0.229 e. The van der Waals surface area contributed by atoms with Gasteiger partial charge in [0.05, 0.1) is 17.6 Å². The number of phenolic OH excluding ortho intramolecular Hbond substituents is 1. The maximum atomic E-state index is 12.5. The van der Waals surface area contributed by atoms with Crippen LogP contribution in [0.25, 0.3) is 10.8 Å². The smallest absolute Gasteiger partial charge is 0.229 e. The fraction of sp³-hybridized carbons (Fsp3) is 0.476. The van der Waals surface area contributed by atoms with E-state index in [2.05, 4.69) is 0 Å². The number of aryl methyl sites for hydroxylation is 1. The van der Waals surface area contributed by atoms with Crippen LogP contribution < -0.4 is 9.47 Å². The fourth-order valence-corrected chi connectivity index (χ4v) is 4.03. The van der Waals surface area contributed by atoms with Gasteiger partial charge in [-0.25, -0.2) is 0 Å². The van der Waals surface area contributed by atoms with Crippen LogP contribution in [0.15, 0.2) is 18.2 Å². The molecule has 30 heavy (non-hydrogen) atoms. The molecule has 0 unspecified atom stereocenters. The summed E-state index contributed by atoms with van der Waals surface area (Å²) in [4.78, 5) is 12.5. The van der Waals surface area contributed by atoms with Crippen molar-refractivity contribution in [1.29, 1.82) is 0 Å². The van der Waals surface area contributed by atoms with Crippen molar-refractivity contribution in [3.63, 3.8) is 0 Å². The first-order valence-corrected chi connectivity index (χ1v) is 9.68. The number of carbonyl (C=O) groups is 1. The Hall–Kier alpha value is -2.43. The summed E-state index contributed by atoms with van der Waals surface area (Å²) < 4.78 is 16.8. The van der Waals surface area contributed by atoms with Crippen molar-refractivity contribution in [2.45, 2.75) is 57.1 Å². The van der Waals surface area contributed by atoms with Gasteiger partial charge in [0, 0.05) is 12.5 Å². The first-order chi connectivity index (χ1) is 14.2. The molecular formula is C21H24O9. The third-order valence-corrected chi connectivity index (χ3v) is 5.51. The Kier molecular flexibility index (Phi) is 5.33. The fourth-order valence-electron chi connectivity index (χ4n) is 4.03. The van der Waals surface area contributed by atoms with E-state index in [1.807, 2.05) is 0 Å². The van der Waals surface area contributed by atoms with E-state index in [-0.39, 0.29) is 29.8 Å². The second kappa shape index (κ2) is 7.68. The minimum absolute atomic E-state index is 0.0517. The summed E-state index contributed by atoms with van der Waals surface area (Å²) in [5.41, 5.74) is 1.14. The molecule has 9 nitrogen and oxygen atoms in total. The minimum Gasteiger partial charge on any atom is -0.507 e. The summed E-state index contributed by atoms with van der Waals surface area (Å²) in [6.07, 6.45) is -7.21. The Balaban J connectivity index is 1.72. The van der Waals surface area contributed by atoms with Crippen LogP contribution in [0.3, 0.4) is 0 Å². The molecule has 0 aromatic heterocycles. The Labute approximate surface area is 172 Å². The normalized spacial score (nSPS) is 31.3. The zero-order chi connectivity index (χ0) is 21.7. The average Bonchev–Trinajstić information content (AvgIpc) is 2.67. The average molecular weight is 420 g/mol. The topological polar surface area (TPSA) is 146 Å². The number of Topliss-reactive ketones (excluding diaryl/α,β-unsaturated/α-hetero) is 1. The van der Waals surface area contributed by atoms with Crippen molar-refractivity contribution >= 4 is 16.6 Å². The molecule has 0 spiro atoms. The van der Waals surface area contributed by atoms with Gasteiger partial charge in [-0.15, -0.1) is 0 Å². The van der Waals surface area contributed by atoms with Crippen LogP contribution in [0.2, 0.25) is 0 Å². The van der Waals surface area contributed by atoms with Gasteiger partial charge < -0.3 is 39.7 Å². The largest absolute Gasteiger partial charge is 0.507 e. The van der Waals surface area contributed by atoms with Crippen molar-refractivity contribution in [3.05, 3.63) is 29.3 Å². The van der Waals surface area contributed by atoms with Gasteiger partial charge in [-0.3, -0.25) is 4.79 Å². The van der Waals surface area contributed by atoms with Crippen LogP contribution >= 0.6 is 0 Å². The number of benzene rings is 2. The van der Waals surface area contributed by atoms with Crippen molar-refractivity contribution in [3.8, 4) is 17.2 Å². The van der Waals surface area contributed by atoms with Crippen LogP contribution in [-0.2, 0) is 4.74 Å². The maximum absolute atomic E-state index is 12.5. The highest BCUT2D eigenvalue weighted by atomic mass is 16.7. The lowest BCUT2D eigenvalue weighted by Gasteiger charge is -2.39. The Bertz CT molecular complexity index is 986. The molecule has 2 aliphatic heterocycles. The van der Waals surface area contributed by atoms with Gasteiger partial charge in [-0.05, 0) is 30.9 Å². The molecular weight excluding hydrogens is 396 g/mol. The number of phenols is 1. The number of aliphatic hydroxyl groups is 4. The molecule has 2 aromatic rings. The Morgan fingerprint density at radius 1 is 1.13 bits per heavy atom. The number of aliphatic hydroxyl groups excluding tert-OH is 4. The van der Waals surface area contributed by atoms with Gasteiger partial charge in [-0.1, -0.05) is 6.07 Å². The molecule has 2 aromatic carbocycles. The van der Waals surface area contributed by atoms with E-state index >= 15 is 0 Å². The van der Waals surface area contributed by atoms with Gasteiger partial charge in [0.2, 0.25) is 6.29 Å². The Morgan fingerprint density at radius 2 is 1.87 bits per heavy atom. The molecule has 5 N–H and O–H groups in total. The summed E-state index contributed by atoms with van der Waals surface area (Å²) >= 11 is 0. The van der Waals surface area contributed by atoms with Gasteiger partial charge in [0.25, 0.3) is 0 Å². The molecule has 0 radical (unpaired) electrons. The number of ether oxygens (including phenoxy) is 3. The zero-order valence-electron chi connectivity index (χ0n) is 16.5. The number of hydrogen-bond donors (Lipinski definition) is 5. The van der Waals surface area contributed by atoms with Crippen LogP contribution in [0, 0.1) is 6.92 Å². The summed E-state index contributed by atoms with van der Waals surface area (Å²) in [5.74, 6) is 0.207. The first-order valence-electron chi connectivity index (χ1n) is 9.68. The lowest BCUT2D eigenvalue weighted by atomic mass is 9.92. The Morgan fingerprint density at radius 3 is 2.57 bits per heavy atom. The number of rotatable bonds is 3. The van der Waals surface area contributed by atoms with Crippen molar-refractivity contribution in [2.24, 2.45) is 0 Å². The highest BCUT2D eigenvalue weighted by molar-refractivity contribution is 6.09. The molecule has 162 valence electrons. The number of fused-ring (bicyclic) bond motifs is 3. The third kappa shape index (κ3) is 3.38. The van der Waals surface area contributed by atoms with Crippen molar-refractivity contribution in [2.75, 3.05) is 6.61 Å². The summed E-state index contributed by atoms with van der Waals surface area (Å²) in [6.45, 7) is 2.98. The van der Waals surface area contributed by atoms with Crippen molar-refractivity contribution in [1.82, 2.24) is 0 Å². The van der Waals surface area contributed by atoms with E-state index in [0.29, 0.717) is 27.6 Å². The van der Waals surface area contributed by atoms with Crippen LogP contribution in [0.4, 0.5) is 0 Å². The van der Waals surface area contributed by atoms with Crippen molar-refractivity contribution < 1.29 is 44.5 Å². The molecule has 1 saturated heterocycles. The summed E-state index contributed by atoms with van der Waals surface area (Å²) in [7, 11) is 0. The molecule has 4 rings (SSSR count). The van der Waals surface area contributed by atoms with Gasteiger partial charge in [0.1, 0.15) is 47.8 Å². The van der Waals surface area contributed by atoms with Crippen LogP contribution in [0.1, 0.15) is 29.3 Å². The quantitative estimate of drug-likeness (QED) is 0.476. The second-order valence-electron chi connectivity index (χ2n) is 7.81. The van der Waals surface area contributed by atoms with E-state index < -0.39 is 37.3 Å². The highest BCUT2D eigenvalue weighted by Gasteiger charge is 2.44. The molecule has 0 aliphatic carbocycles. The van der Waals surface area contributed by atoms with E-state index in [1.54, 1.807) is 26.0 Å². The molecule has 9 heteroatoms. The van der Waals surface area contributed by atoms with Crippen LogP contribution in [0.5, 0.6) is 17.2 Å². The minimum atomic E-state index is -1.58. The summed E-state index contributed by atoms with van der Waals surface area (Å²) in [6, 6.07) is 4.59. The molecule has 6 atom stereocenters. The van der Waals surface area contributed by atoms with E-state index in [0.717, 1.165) is 0 Å². The molecule has 0 bridgehead atoms. The molecule has 2 heterocycles. The van der Waals surface area contributed by atoms with Gasteiger partial charge in [-0.2, -0.15) is 0 Å². The van der Waals surface area contributed by atoms with Gasteiger partial charge >= 0.3 is 0 Å². The SMILES string of the molecule is Cc1cc2cc(O[C@@H]3O[C@H](CO)[C@@H](O)[C@H](O)[C@H]3O)cc(O)c2c2c1C(=O)C[C@H](C)O2. The predicted molar refractivity (Wildman–Crippen MR) is 104 cm³/mol. The standard InChI is InChI=1S/C21H24O9/c1-8-3-10-5-11(29-21-19(27)18(26)17(25)14(7-22)30-21)6-13(24)16(10)20-15(8)12(23)4-9(2)28-20/h3,5-6,9,14,17-19,21-22,24-27H,4,7H2,1-2H3/t9-,14+,17+,18-,19+,21+/m0/s1. The van der Waals surface area contributed by atoms with Gasteiger partial charge in [0.15, 0.2) is 5.78 Å². The highest BCUT2D eigenvalue weighted by Crippen LogP contribution is 2.43. The van der Waals surface area contributed by atoms with E-state index in [9.17, 15) is 30.3 Å².